The summed E-state index contributed by atoms with van der Waals surface area (Å²) in [6, 6.07) is 4.70. The Hall–Kier alpha value is -0.0900. The summed E-state index contributed by atoms with van der Waals surface area (Å²) in [4.78, 5) is 3.87. The summed E-state index contributed by atoms with van der Waals surface area (Å²) in [5, 5.41) is 3.50. The molecule has 1 aromatic rings. The molecule has 1 rings (SSSR count). The predicted molar refractivity (Wildman–Crippen MR) is 87.3 cm³/mol. The number of nitrogens with one attached hydrogen (secondary N) is 1. The van der Waals surface area contributed by atoms with Crippen molar-refractivity contribution in [3.8, 4) is 0 Å². The zero-order valence-corrected chi connectivity index (χ0v) is 14.0. The molecule has 4 heteroatoms. The maximum absolute atomic E-state index is 5.92. The van der Waals surface area contributed by atoms with E-state index in [0.29, 0.717) is 6.04 Å². The second kappa shape index (κ2) is 9.76. The zero-order valence-electron chi connectivity index (χ0n) is 12.4. The molecule has 0 amide bonds. The van der Waals surface area contributed by atoms with E-state index < -0.39 is 0 Å². The maximum atomic E-state index is 5.92. The number of thiophene rings is 1. The second-order valence-electron chi connectivity index (χ2n) is 5.22. The SMILES string of the molecule is CCCCCN(CCNCc1ccc(Cl)s1)C(C)C. The van der Waals surface area contributed by atoms with Gasteiger partial charge < -0.3 is 5.32 Å². The summed E-state index contributed by atoms with van der Waals surface area (Å²) < 4.78 is 0.875. The van der Waals surface area contributed by atoms with E-state index in [0.717, 1.165) is 24.0 Å². The van der Waals surface area contributed by atoms with Gasteiger partial charge in [0.15, 0.2) is 0 Å². The number of unbranched alkanes of at least 4 members (excludes halogenated alkanes) is 2. The molecule has 0 unspecified atom stereocenters. The van der Waals surface area contributed by atoms with Crippen molar-refractivity contribution < 1.29 is 0 Å². The van der Waals surface area contributed by atoms with Crippen LogP contribution in [0.3, 0.4) is 0 Å². The van der Waals surface area contributed by atoms with E-state index >= 15 is 0 Å². The second-order valence-corrected chi connectivity index (χ2v) is 7.02. The maximum Gasteiger partial charge on any atom is 0.0931 e. The van der Waals surface area contributed by atoms with Crippen LogP contribution in [0.4, 0.5) is 0 Å². The molecular weight excluding hydrogens is 276 g/mol. The highest BCUT2D eigenvalue weighted by Gasteiger charge is 2.08. The molecule has 0 saturated carbocycles. The molecule has 0 bridgehead atoms. The Bertz CT molecular complexity index is 339. The molecule has 0 aromatic carbocycles. The molecule has 1 N–H and O–H groups in total. The summed E-state index contributed by atoms with van der Waals surface area (Å²) in [7, 11) is 0. The van der Waals surface area contributed by atoms with Gasteiger partial charge in [-0.25, -0.2) is 0 Å². The van der Waals surface area contributed by atoms with Gasteiger partial charge in [0.05, 0.1) is 4.34 Å². The molecule has 0 aliphatic rings. The summed E-state index contributed by atoms with van der Waals surface area (Å²) in [5.74, 6) is 0. The largest absolute Gasteiger partial charge is 0.311 e. The van der Waals surface area contributed by atoms with Gasteiger partial charge in [-0.05, 0) is 38.9 Å². The molecule has 2 nitrogen and oxygen atoms in total. The average Bonchev–Trinajstić information content (AvgIpc) is 2.78. The van der Waals surface area contributed by atoms with Crippen LogP contribution >= 0.6 is 22.9 Å². The Balaban J connectivity index is 2.17. The van der Waals surface area contributed by atoms with Crippen LogP contribution in [-0.4, -0.2) is 30.6 Å². The molecule has 1 heterocycles. The van der Waals surface area contributed by atoms with E-state index in [4.69, 9.17) is 11.6 Å². The van der Waals surface area contributed by atoms with Gasteiger partial charge in [-0.2, -0.15) is 0 Å². The van der Waals surface area contributed by atoms with Crippen LogP contribution in [0.1, 0.15) is 44.9 Å². The number of nitrogens with zero attached hydrogens (tertiary/aromatic N) is 1. The minimum atomic E-state index is 0.634. The van der Waals surface area contributed by atoms with E-state index in [-0.39, 0.29) is 0 Å². The van der Waals surface area contributed by atoms with Crippen LogP contribution in [0.25, 0.3) is 0 Å². The Morgan fingerprint density at radius 1 is 1.26 bits per heavy atom. The summed E-state index contributed by atoms with van der Waals surface area (Å²) in [6.45, 7) is 11.1. The number of hydrogen-bond acceptors (Lipinski definition) is 3. The minimum absolute atomic E-state index is 0.634. The van der Waals surface area contributed by atoms with Gasteiger partial charge >= 0.3 is 0 Å². The molecule has 0 radical (unpaired) electrons. The third kappa shape index (κ3) is 7.31. The molecule has 0 saturated heterocycles. The lowest BCUT2D eigenvalue weighted by Crippen LogP contribution is -2.37. The highest BCUT2D eigenvalue weighted by Crippen LogP contribution is 2.20. The lowest BCUT2D eigenvalue weighted by molar-refractivity contribution is 0.217. The van der Waals surface area contributed by atoms with Crippen molar-refractivity contribution in [2.75, 3.05) is 19.6 Å². The fraction of sp³-hybridized carbons (Fsp3) is 0.733. The van der Waals surface area contributed by atoms with E-state index in [1.54, 1.807) is 11.3 Å². The molecule has 1 aromatic heterocycles. The number of halogens is 1. The Labute approximate surface area is 127 Å². The highest BCUT2D eigenvalue weighted by atomic mass is 35.5. The van der Waals surface area contributed by atoms with Gasteiger partial charge in [0, 0.05) is 30.6 Å². The third-order valence-electron chi connectivity index (χ3n) is 3.28. The zero-order chi connectivity index (χ0) is 14.1. The van der Waals surface area contributed by atoms with Gasteiger partial charge in [0.25, 0.3) is 0 Å². The monoisotopic (exact) mass is 302 g/mol. The molecule has 19 heavy (non-hydrogen) atoms. The number of rotatable bonds is 10. The Kier molecular flexibility index (Phi) is 8.71. The summed E-state index contributed by atoms with van der Waals surface area (Å²) in [6.07, 6.45) is 3.95. The van der Waals surface area contributed by atoms with E-state index in [2.05, 4.69) is 37.1 Å². The lowest BCUT2D eigenvalue weighted by atomic mass is 10.2. The first-order valence-electron chi connectivity index (χ1n) is 7.32. The van der Waals surface area contributed by atoms with Gasteiger partial charge in [0.1, 0.15) is 0 Å². The van der Waals surface area contributed by atoms with Crippen LogP contribution in [0.2, 0.25) is 4.34 Å². The van der Waals surface area contributed by atoms with Crippen LogP contribution < -0.4 is 5.32 Å². The van der Waals surface area contributed by atoms with Crippen molar-refractivity contribution >= 4 is 22.9 Å². The fourth-order valence-electron chi connectivity index (χ4n) is 2.07. The standard InChI is InChI=1S/C15H27ClN2S/c1-4-5-6-10-18(13(2)3)11-9-17-12-14-7-8-15(16)19-14/h7-8,13,17H,4-6,9-12H2,1-3H3. The average molecular weight is 303 g/mol. The lowest BCUT2D eigenvalue weighted by Gasteiger charge is -2.26. The first kappa shape index (κ1) is 17.0. The van der Waals surface area contributed by atoms with Crippen LogP contribution in [0.5, 0.6) is 0 Å². The van der Waals surface area contributed by atoms with Gasteiger partial charge in [-0.3, -0.25) is 4.90 Å². The van der Waals surface area contributed by atoms with E-state index in [9.17, 15) is 0 Å². The highest BCUT2D eigenvalue weighted by molar-refractivity contribution is 7.16. The van der Waals surface area contributed by atoms with Crippen LogP contribution in [0, 0.1) is 0 Å². The van der Waals surface area contributed by atoms with Crippen molar-refractivity contribution in [3.63, 3.8) is 0 Å². The summed E-state index contributed by atoms with van der Waals surface area (Å²) >= 11 is 7.58. The van der Waals surface area contributed by atoms with Gasteiger partial charge in [0.2, 0.25) is 0 Å². The van der Waals surface area contributed by atoms with Crippen LogP contribution in [-0.2, 0) is 6.54 Å². The molecule has 0 atom stereocenters. The van der Waals surface area contributed by atoms with Crippen LogP contribution in [0.15, 0.2) is 12.1 Å². The first-order chi connectivity index (χ1) is 9.13. The van der Waals surface area contributed by atoms with E-state index in [1.165, 1.54) is 30.7 Å². The Morgan fingerprint density at radius 3 is 2.63 bits per heavy atom. The molecule has 0 aliphatic carbocycles. The van der Waals surface area contributed by atoms with Crippen molar-refractivity contribution in [2.45, 2.75) is 52.6 Å². The van der Waals surface area contributed by atoms with Gasteiger partial charge in [-0.1, -0.05) is 31.4 Å². The minimum Gasteiger partial charge on any atom is -0.311 e. The topological polar surface area (TPSA) is 15.3 Å². The summed E-state index contributed by atoms with van der Waals surface area (Å²) in [5.41, 5.74) is 0. The first-order valence-corrected chi connectivity index (χ1v) is 8.52. The van der Waals surface area contributed by atoms with E-state index in [1.807, 2.05) is 6.07 Å². The number of hydrogen-bond donors (Lipinski definition) is 1. The Morgan fingerprint density at radius 2 is 2.05 bits per heavy atom. The van der Waals surface area contributed by atoms with Crippen molar-refractivity contribution in [3.05, 3.63) is 21.3 Å². The molecule has 0 aliphatic heterocycles. The third-order valence-corrected chi connectivity index (χ3v) is 4.51. The molecule has 0 fully saturated rings. The quantitative estimate of drug-likeness (QED) is 0.645. The van der Waals surface area contributed by atoms with Crippen molar-refractivity contribution in [1.29, 1.82) is 0 Å². The van der Waals surface area contributed by atoms with Gasteiger partial charge in [-0.15, -0.1) is 11.3 Å². The predicted octanol–water partition coefficient (Wildman–Crippen LogP) is 4.39. The normalized spacial score (nSPS) is 11.7. The molecule has 0 spiro atoms. The molecule has 110 valence electrons. The smallest absolute Gasteiger partial charge is 0.0931 e. The van der Waals surface area contributed by atoms with Crippen molar-refractivity contribution in [1.82, 2.24) is 10.2 Å². The molecular formula is C15H27ClN2S. The fourth-order valence-corrected chi connectivity index (χ4v) is 3.13. The van der Waals surface area contributed by atoms with Crippen molar-refractivity contribution in [2.24, 2.45) is 0 Å².